The summed E-state index contributed by atoms with van der Waals surface area (Å²) in [5, 5.41) is 22.3. The number of ether oxygens (including phenoxy) is 1. The molecule has 1 aliphatic rings. The summed E-state index contributed by atoms with van der Waals surface area (Å²) >= 11 is 1.78. The van der Waals surface area contributed by atoms with Crippen LogP contribution >= 0.6 is 11.3 Å². The molecule has 0 amide bonds. The molecule has 7 nitrogen and oxygen atoms in total. The Morgan fingerprint density at radius 3 is 2.79 bits per heavy atom. The second-order valence-electron chi connectivity index (χ2n) is 7.31. The Balaban J connectivity index is 1.25. The molecule has 3 aromatic rings. The fraction of sp³-hybridized carbons (Fsp3) is 0.381. The molecular weight excluding hydrogens is 390 g/mol. The summed E-state index contributed by atoms with van der Waals surface area (Å²) in [6.45, 7) is 2.46. The fourth-order valence-electron chi connectivity index (χ4n) is 3.66. The van der Waals surface area contributed by atoms with E-state index in [1.807, 2.05) is 12.1 Å². The normalized spacial score (nSPS) is 16.7. The molecule has 4 rings (SSSR count). The van der Waals surface area contributed by atoms with E-state index in [2.05, 4.69) is 17.0 Å². The van der Waals surface area contributed by atoms with Gasteiger partial charge in [0, 0.05) is 18.5 Å². The molecule has 0 spiro atoms. The quantitative estimate of drug-likeness (QED) is 0.468. The standard InChI is InChI=1S/C21H23N3O4S/c25-17(14-28-18-5-3-4-16(12-18)24(26)27)13-23-10-8-15(9-11-23)21-22-19-6-1-2-7-20(19)29-21/h1-7,12,15,17,25H,8-11,13-14H2. The Hall–Kier alpha value is -2.55. The van der Waals surface area contributed by atoms with E-state index < -0.39 is 11.0 Å². The lowest BCUT2D eigenvalue weighted by Crippen LogP contribution is -2.40. The number of nitro benzene ring substituents is 1. The third-order valence-electron chi connectivity index (χ3n) is 5.19. The summed E-state index contributed by atoms with van der Waals surface area (Å²) in [5.74, 6) is 0.870. The van der Waals surface area contributed by atoms with E-state index in [9.17, 15) is 15.2 Å². The molecule has 0 saturated carbocycles. The fourth-order valence-corrected chi connectivity index (χ4v) is 4.79. The highest BCUT2D eigenvalue weighted by Crippen LogP contribution is 2.33. The largest absolute Gasteiger partial charge is 0.491 e. The van der Waals surface area contributed by atoms with Gasteiger partial charge in [-0.3, -0.25) is 10.1 Å². The predicted molar refractivity (Wildman–Crippen MR) is 113 cm³/mol. The lowest BCUT2D eigenvalue weighted by atomic mass is 9.97. The number of hydrogen-bond acceptors (Lipinski definition) is 7. The highest BCUT2D eigenvalue weighted by atomic mass is 32.1. The molecule has 1 aliphatic heterocycles. The van der Waals surface area contributed by atoms with E-state index in [1.165, 1.54) is 21.8 Å². The zero-order chi connectivity index (χ0) is 20.2. The third-order valence-corrected chi connectivity index (χ3v) is 6.39. The van der Waals surface area contributed by atoms with Gasteiger partial charge in [-0.05, 0) is 44.1 Å². The number of non-ortho nitro benzene ring substituents is 1. The number of aliphatic hydroxyl groups excluding tert-OH is 1. The number of fused-ring (bicyclic) bond motifs is 1. The predicted octanol–water partition coefficient (Wildman–Crippen LogP) is 3.82. The maximum absolute atomic E-state index is 10.8. The minimum Gasteiger partial charge on any atom is -0.491 e. The van der Waals surface area contributed by atoms with Crippen LogP contribution in [0.4, 0.5) is 5.69 Å². The van der Waals surface area contributed by atoms with E-state index >= 15 is 0 Å². The van der Waals surface area contributed by atoms with Crippen LogP contribution in [0.3, 0.4) is 0 Å². The van der Waals surface area contributed by atoms with Crippen LogP contribution in [0.5, 0.6) is 5.75 Å². The zero-order valence-corrected chi connectivity index (χ0v) is 16.8. The van der Waals surface area contributed by atoms with Gasteiger partial charge in [-0.2, -0.15) is 0 Å². The molecule has 0 radical (unpaired) electrons. The van der Waals surface area contributed by atoms with E-state index in [-0.39, 0.29) is 12.3 Å². The van der Waals surface area contributed by atoms with Gasteiger partial charge in [-0.25, -0.2) is 4.98 Å². The maximum Gasteiger partial charge on any atom is 0.273 e. The van der Waals surface area contributed by atoms with Gasteiger partial charge in [0.1, 0.15) is 18.5 Å². The number of aromatic nitrogens is 1. The Morgan fingerprint density at radius 2 is 2.03 bits per heavy atom. The number of piperidine rings is 1. The Morgan fingerprint density at radius 1 is 1.24 bits per heavy atom. The van der Waals surface area contributed by atoms with Gasteiger partial charge in [0.15, 0.2) is 0 Å². The molecule has 0 aliphatic carbocycles. The van der Waals surface area contributed by atoms with Crippen LogP contribution in [0.25, 0.3) is 10.2 Å². The van der Waals surface area contributed by atoms with Crippen LogP contribution in [-0.2, 0) is 0 Å². The van der Waals surface area contributed by atoms with Crippen LogP contribution in [0.15, 0.2) is 48.5 Å². The lowest BCUT2D eigenvalue weighted by Gasteiger charge is -2.32. The summed E-state index contributed by atoms with van der Waals surface area (Å²) in [4.78, 5) is 17.4. The first kappa shape index (κ1) is 19.8. The van der Waals surface area contributed by atoms with Gasteiger partial charge in [-0.1, -0.05) is 18.2 Å². The molecule has 2 heterocycles. The Labute approximate surface area is 172 Å². The van der Waals surface area contributed by atoms with E-state index in [0.717, 1.165) is 31.4 Å². The number of nitro groups is 1. The van der Waals surface area contributed by atoms with Crippen molar-refractivity contribution in [2.75, 3.05) is 26.2 Å². The molecule has 29 heavy (non-hydrogen) atoms. The number of likely N-dealkylation sites (tertiary alicyclic amines) is 1. The third kappa shape index (κ3) is 4.90. The van der Waals surface area contributed by atoms with Crippen molar-refractivity contribution in [3.05, 3.63) is 63.7 Å². The first-order chi connectivity index (χ1) is 14.1. The molecule has 2 aromatic carbocycles. The molecular formula is C21H23N3O4S. The molecule has 1 unspecified atom stereocenters. The number of β-amino-alcohol motifs (C(OH)–C–C–N with tert-alkyl or cyclic N) is 1. The van der Waals surface area contributed by atoms with Crippen molar-refractivity contribution in [3.8, 4) is 5.75 Å². The molecule has 1 atom stereocenters. The first-order valence-electron chi connectivity index (χ1n) is 9.71. The van der Waals surface area contributed by atoms with Gasteiger partial charge >= 0.3 is 0 Å². The molecule has 0 bridgehead atoms. The van der Waals surface area contributed by atoms with Gasteiger partial charge < -0.3 is 14.7 Å². The number of aliphatic hydroxyl groups is 1. The van der Waals surface area contributed by atoms with Gasteiger partial charge in [0.25, 0.3) is 5.69 Å². The number of para-hydroxylation sites is 1. The zero-order valence-electron chi connectivity index (χ0n) is 15.9. The number of benzene rings is 2. The van der Waals surface area contributed by atoms with Crippen LogP contribution in [0.2, 0.25) is 0 Å². The van der Waals surface area contributed by atoms with Crippen LogP contribution < -0.4 is 4.74 Å². The lowest BCUT2D eigenvalue weighted by molar-refractivity contribution is -0.384. The van der Waals surface area contributed by atoms with E-state index in [4.69, 9.17) is 9.72 Å². The van der Waals surface area contributed by atoms with E-state index in [1.54, 1.807) is 23.5 Å². The number of hydrogen-bond donors (Lipinski definition) is 1. The number of nitrogens with zero attached hydrogens (tertiary/aromatic N) is 3. The van der Waals surface area contributed by atoms with E-state index in [0.29, 0.717) is 18.2 Å². The highest BCUT2D eigenvalue weighted by molar-refractivity contribution is 7.18. The van der Waals surface area contributed by atoms with Crippen LogP contribution in [0, 0.1) is 10.1 Å². The van der Waals surface area contributed by atoms with Crippen molar-refractivity contribution in [3.63, 3.8) is 0 Å². The van der Waals surface area contributed by atoms with Crippen molar-refractivity contribution >= 4 is 27.2 Å². The van der Waals surface area contributed by atoms with Crippen molar-refractivity contribution < 1.29 is 14.8 Å². The highest BCUT2D eigenvalue weighted by Gasteiger charge is 2.24. The molecule has 1 fully saturated rings. The van der Waals surface area contributed by atoms with Crippen molar-refractivity contribution in [2.45, 2.75) is 24.9 Å². The topological polar surface area (TPSA) is 88.7 Å². The van der Waals surface area contributed by atoms with Crippen molar-refractivity contribution in [1.82, 2.24) is 9.88 Å². The second-order valence-corrected chi connectivity index (χ2v) is 8.38. The minimum atomic E-state index is -0.645. The van der Waals surface area contributed by atoms with Gasteiger partial charge in [0.05, 0.1) is 26.2 Å². The molecule has 1 aromatic heterocycles. The molecule has 8 heteroatoms. The smallest absolute Gasteiger partial charge is 0.273 e. The summed E-state index contributed by atoms with van der Waals surface area (Å²) in [6, 6.07) is 14.3. The average Bonchev–Trinajstić information content (AvgIpc) is 3.17. The maximum atomic E-state index is 10.8. The minimum absolute atomic E-state index is 0.0195. The summed E-state index contributed by atoms with van der Waals surface area (Å²) < 4.78 is 6.77. The first-order valence-corrected chi connectivity index (χ1v) is 10.5. The summed E-state index contributed by atoms with van der Waals surface area (Å²) in [5.41, 5.74) is 1.05. The second kappa shape index (κ2) is 8.86. The Kier molecular flexibility index (Phi) is 6.03. The summed E-state index contributed by atoms with van der Waals surface area (Å²) in [6.07, 6.45) is 1.41. The molecule has 152 valence electrons. The average molecular weight is 413 g/mol. The molecule has 1 N–H and O–H groups in total. The van der Waals surface area contributed by atoms with Gasteiger partial charge in [0.2, 0.25) is 0 Å². The van der Waals surface area contributed by atoms with Crippen LogP contribution in [0.1, 0.15) is 23.8 Å². The van der Waals surface area contributed by atoms with Crippen molar-refractivity contribution in [1.29, 1.82) is 0 Å². The number of rotatable bonds is 7. The molecule has 1 saturated heterocycles. The van der Waals surface area contributed by atoms with Crippen LogP contribution in [-0.4, -0.2) is 52.3 Å². The van der Waals surface area contributed by atoms with Gasteiger partial charge in [-0.15, -0.1) is 11.3 Å². The van der Waals surface area contributed by atoms with Crippen molar-refractivity contribution in [2.24, 2.45) is 0 Å². The monoisotopic (exact) mass is 413 g/mol. The number of thiazole rings is 1. The summed E-state index contributed by atoms with van der Waals surface area (Å²) in [7, 11) is 0. The SMILES string of the molecule is O=[N+]([O-])c1cccc(OCC(O)CN2CCC(c3nc4ccccc4s3)CC2)c1. The Bertz CT molecular complexity index is 952.